The Kier molecular flexibility index (Phi) is 39.4. The lowest BCUT2D eigenvalue weighted by Gasteiger charge is -2.19. The van der Waals surface area contributed by atoms with Crippen molar-refractivity contribution in [3.8, 4) is 0 Å². The van der Waals surface area contributed by atoms with Crippen LogP contribution in [-0.4, -0.2) is 34.9 Å². The van der Waals surface area contributed by atoms with Gasteiger partial charge in [0.25, 0.3) is 0 Å². The van der Waals surface area contributed by atoms with Crippen LogP contribution in [0.3, 0.4) is 0 Å². The van der Waals surface area contributed by atoms with Gasteiger partial charge in [0.2, 0.25) is 5.91 Å². The summed E-state index contributed by atoms with van der Waals surface area (Å²) in [5.41, 5.74) is 0. The Labute approximate surface area is 305 Å². The van der Waals surface area contributed by atoms with Crippen LogP contribution in [0.1, 0.15) is 213 Å². The maximum atomic E-state index is 12.3. The second-order valence-corrected chi connectivity index (χ2v) is 14.4. The Morgan fingerprint density at radius 1 is 0.490 bits per heavy atom. The summed E-state index contributed by atoms with van der Waals surface area (Å²) in [5, 5.41) is 23.0. The smallest absolute Gasteiger partial charge is 0.220 e. The van der Waals surface area contributed by atoms with Gasteiger partial charge in [-0.1, -0.05) is 191 Å². The first-order valence-electron chi connectivity index (χ1n) is 21.4. The number of aliphatic hydroxyl groups is 2. The molecule has 0 aromatic carbocycles. The van der Waals surface area contributed by atoms with Crippen molar-refractivity contribution in [1.82, 2.24) is 5.32 Å². The minimum absolute atomic E-state index is 0.0883. The van der Waals surface area contributed by atoms with E-state index < -0.39 is 12.1 Å². The van der Waals surface area contributed by atoms with Gasteiger partial charge in [-0.2, -0.15) is 0 Å². The number of allylic oxidation sites excluding steroid dienone is 7. The highest BCUT2D eigenvalue weighted by atomic mass is 16.3. The van der Waals surface area contributed by atoms with Crippen molar-refractivity contribution in [2.45, 2.75) is 225 Å². The van der Waals surface area contributed by atoms with E-state index in [0.29, 0.717) is 6.42 Å². The zero-order chi connectivity index (χ0) is 35.7. The molecular formula is C45H83NO3. The summed E-state index contributed by atoms with van der Waals surface area (Å²) >= 11 is 0. The Bertz CT molecular complexity index is 786. The highest BCUT2D eigenvalue weighted by Crippen LogP contribution is 2.14. The second kappa shape index (κ2) is 40.8. The first-order valence-corrected chi connectivity index (χ1v) is 21.4. The van der Waals surface area contributed by atoms with Crippen molar-refractivity contribution in [2.75, 3.05) is 6.61 Å². The topological polar surface area (TPSA) is 69.6 Å². The lowest BCUT2D eigenvalue weighted by atomic mass is 10.0. The standard InChI is InChI=1S/C45H83NO3/c1-3-5-7-9-11-13-15-17-19-21-22-23-24-25-26-28-30-32-34-36-38-40-44(48)43(42-47)46-45(49)41-39-37-35-33-31-29-27-20-18-16-14-12-10-8-6-4-2/h14,16,20,27,30,32,38,40,43-44,47-48H,3-13,15,17-19,21-26,28-29,31,33-37,39,41-42H2,1-2H3,(H,46,49)/b16-14-,27-20-,32-30+,40-38+. The molecule has 0 saturated carbocycles. The lowest BCUT2D eigenvalue weighted by molar-refractivity contribution is -0.123. The third kappa shape index (κ3) is 37.4. The first kappa shape index (κ1) is 47.4. The molecule has 0 fully saturated rings. The van der Waals surface area contributed by atoms with Crippen LogP contribution in [0, 0.1) is 0 Å². The molecular weight excluding hydrogens is 602 g/mol. The molecule has 4 heteroatoms. The monoisotopic (exact) mass is 686 g/mol. The predicted octanol–water partition coefficient (Wildman–Crippen LogP) is 13.2. The van der Waals surface area contributed by atoms with Gasteiger partial charge in [-0.15, -0.1) is 0 Å². The summed E-state index contributed by atoms with van der Waals surface area (Å²) in [5.74, 6) is -0.0883. The highest BCUT2D eigenvalue weighted by Gasteiger charge is 2.17. The van der Waals surface area contributed by atoms with Gasteiger partial charge < -0.3 is 15.5 Å². The molecule has 0 aliphatic carbocycles. The van der Waals surface area contributed by atoms with Crippen LogP contribution in [0.4, 0.5) is 0 Å². The van der Waals surface area contributed by atoms with Gasteiger partial charge in [-0.05, 0) is 64.2 Å². The minimum atomic E-state index is -0.868. The molecule has 0 aliphatic heterocycles. The van der Waals surface area contributed by atoms with Gasteiger partial charge >= 0.3 is 0 Å². The average molecular weight is 686 g/mol. The van der Waals surface area contributed by atoms with Crippen LogP contribution >= 0.6 is 0 Å². The van der Waals surface area contributed by atoms with Gasteiger partial charge in [0, 0.05) is 6.42 Å². The second-order valence-electron chi connectivity index (χ2n) is 14.4. The number of aliphatic hydroxyl groups excluding tert-OH is 2. The lowest BCUT2D eigenvalue weighted by Crippen LogP contribution is -2.45. The molecule has 0 aromatic heterocycles. The van der Waals surface area contributed by atoms with Crippen LogP contribution in [0.25, 0.3) is 0 Å². The molecule has 2 atom stereocenters. The number of carbonyl (C=O) groups excluding carboxylic acids is 1. The van der Waals surface area contributed by atoms with Crippen molar-refractivity contribution < 1.29 is 15.0 Å². The van der Waals surface area contributed by atoms with E-state index >= 15 is 0 Å². The van der Waals surface area contributed by atoms with E-state index in [2.05, 4.69) is 55.6 Å². The van der Waals surface area contributed by atoms with Crippen molar-refractivity contribution in [1.29, 1.82) is 0 Å². The van der Waals surface area contributed by atoms with Crippen molar-refractivity contribution in [3.05, 3.63) is 48.6 Å². The fourth-order valence-corrected chi connectivity index (χ4v) is 6.22. The van der Waals surface area contributed by atoms with E-state index in [9.17, 15) is 15.0 Å². The van der Waals surface area contributed by atoms with E-state index in [4.69, 9.17) is 0 Å². The van der Waals surface area contributed by atoms with E-state index in [1.807, 2.05) is 6.08 Å². The molecule has 2 unspecified atom stereocenters. The molecule has 0 aliphatic rings. The molecule has 3 N–H and O–H groups in total. The van der Waals surface area contributed by atoms with Gasteiger partial charge in [0.1, 0.15) is 0 Å². The van der Waals surface area contributed by atoms with E-state index in [-0.39, 0.29) is 12.5 Å². The zero-order valence-electron chi connectivity index (χ0n) is 32.7. The minimum Gasteiger partial charge on any atom is -0.394 e. The molecule has 0 rings (SSSR count). The fraction of sp³-hybridized carbons (Fsp3) is 0.800. The Morgan fingerprint density at radius 2 is 0.857 bits per heavy atom. The Hall–Kier alpha value is -1.65. The highest BCUT2D eigenvalue weighted by molar-refractivity contribution is 5.76. The number of carbonyl (C=O) groups is 1. The number of amides is 1. The fourth-order valence-electron chi connectivity index (χ4n) is 6.22. The van der Waals surface area contributed by atoms with Crippen LogP contribution in [0.5, 0.6) is 0 Å². The number of unbranched alkanes of at least 4 members (excludes halogenated alkanes) is 25. The first-order chi connectivity index (χ1) is 24.2. The predicted molar refractivity (Wildman–Crippen MR) is 216 cm³/mol. The van der Waals surface area contributed by atoms with E-state index in [1.165, 1.54) is 141 Å². The van der Waals surface area contributed by atoms with Crippen molar-refractivity contribution in [3.63, 3.8) is 0 Å². The summed E-state index contributed by atoms with van der Waals surface area (Å²) in [4.78, 5) is 12.3. The quantitative estimate of drug-likeness (QED) is 0.0447. The maximum Gasteiger partial charge on any atom is 0.220 e. The van der Waals surface area contributed by atoms with Crippen molar-refractivity contribution in [2.24, 2.45) is 0 Å². The summed E-state index contributed by atoms with van der Waals surface area (Å²) in [6.07, 6.45) is 55.0. The van der Waals surface area contributed by atoms with Crippen LogP contribution in [-0.2, 0) is 4.79 Å². The number of nitrogens with one attached hydrogen (secondary N) is 1. The summed E-state index contributed by atoms with van der Waals surface area (Å²) in [6.45, 7) is 4.27. The molecule has 4 nitrogen and oxygen atoms in total. The Morgan fingerprint density at radius 3 is 1.33 bits per heavy atom. The third-order valence-corrected chi connectivity index (χ3v) is 9.53. The molecule has 286 valence electrons. The molecule has 0 spiro atoms. The van der Waals surface area contributed by atoms with E-state index in [0.717, 1.165) is 51.4 Å². The molecule has 0 aromatic rings. The maximum absolute atomic E-state index is 12.3. The average Bonchev–Trinajstić information content (AvgIpc) is 3.10. The molecule has 1 amide bonds. The molecule has 0 heterocycles. The van der Waals surface area contributed by atoms with Gasteiger partial charge in [0.05, 0.1) is 18.8 Å². The number of hydrogen-bond acceptors (Lipinski definition) is 3. The summed E-state index contributed by atoms with van der Waals surface area (Å²) < 4.78 is 0. The number of rotatable bonds is 38. The SMILES string of the molecule is CCCCCC/C=C\C/C=C\CCCCCCCC(=O)NC(CO)C(O)/C=C/CC/C=C/CCCCCCCCCCCCCCCCC. The molecule has 0 saturated heterocycles. The molecule has 0 radical (unpaired) electrons. The third-order valence-electron chi connectivity index (χ3n) is 9.53. The van der Waals surface area contributed by atoms with Crippen LogP contribution < -0.4 is 5.32 Å². The van der Waals surface area contributed by atoms with E-state index in [1.54, 1.807) is 6.08 Å². The van der Waals surface area contributed by atoms with Gasteiger partial charge in [-0.3, -0.25) is 4.79 Å². The largest absolute Gasteiger partial charge is 0.394 e. The zero-order valence-corrected chi connectivity index (χ0v) is 32.7. The van der Waals surface area contributed by atoms with Gasteiger partial charge in [-0.25, -0.2) is 0 Å². The summed E-state index contributed by atoms with van der Waals surface area (Å²) in [7, 11) is 0. The summed E-state index contributed by atoms with van der Waals surface area (Å²) in [6, 6.07) is -0.646. The normalized spacial score (nSPS) is 13.5. The van der Waals surface area contributed by atoms with Crippen molar-refractivity contribution >= 4 is 5.91 Å². The van der Waals surface area contributed by atoms with Crippen LogP contribution in [0.2, 0.25) is 0 Å². The van der Waals surface area contributed by atoms with Gasteiger partial charge in [0.15, 0.2) is 0 Å². The Balaban J connectivity index is 3.65. The molecule has 49 heavy (non-hydrogen) atoms. The van der Waals surface area contributed by atoms with Crippen LogP contribution in [0.15, 0.2) is 48.6 Å². The molecule has 0 bridgehead atoms. The number of hydrogen-bond donors (Lipinski definition) is 3.